The SMILES string of the molecule is C=C(N=NC(C)C)c1ccc(-c2ccccc2)cc1. The van der Waals surface area contributed by atoms with Crippen LogP contribution in [0.25, 0.3) is 16.8 Å². The molecule has 0 unspecified atom stereocenters. The Kier molecular flexibility index (Phi) is 4.24. The van der Waals surface area contributed by atoms with Crippen LogP contribution in [-0.4, -0.2) is 6.04 Å². The van der Waals surface area contributed by atoms with E-state index in [0.717, 1.165) is 5.56 Å². The summed E-state index contributed by atoms with van der Waals surface area (Å²) < 4.78 is 0. The minimum absolute atomic E-state index is 0.195. The van der Waals surface area contributed by atoms with E-state index < -0.39 is 0 Å². The first-order chi connectivity index (χ1) is 9.16. The molecular formula is C17H18N2. The molecule has 0 aliphatic carbocycles. The minimum Gasteiger partial charge on any atom is -0.186 e. The van der Waals surface area contributed by atoms with Crippen molar-refractivity contribution in [3.63, 3.8) is 0 Å². The van der Waals surface area contributed by atoms with Crippen molar-refractivity contribution < 1.29 is 0 Å². The van der Waals surface area contributed by atoms with Gasteiger partial charge in [-0.15, -0.1) is 0 Å². The molecule has 2 aromatic carbocycles. The van der Waals surface area contributed by atoms with E-state index >= 15 is 0 Å². The van der Waals surface area contributed by atoms with E-state index in [2.05, 4.69) is 41.1 Å². The molecule has 0 aromatic heterocycles. The van der Waals surface area contributed by atoms with Crippen LogP contribution in [-0.2, 0) is 0 Å². The molecule has 0 amide bonds. The van der Waals surface area contributed by atoms with Gasteiger partial charge in [0.25, 0.3) is 0 Å². The lowest BCUT2D eigenvalue weighted by Crippen LogP contribution is -1.86. The highest BCUT2D eigenvalue weighted by Crippen LogP contribution is 2.22. The van der Waals surface area contributed by atoms with Crippen molar-refractivity contribution in [3.05, 3.63) is 66.7 Å². The van der Waals surface area contributed by atoms with Gasteiger partial charge in [-0.25, -0.2) is 0 Å². The third-order valence-electron chi connectivity index (χ3n) is 2.73. The fraction of sp³-hybridized carbons (Fsp3) is 0.176. The van der Waals surface area contributed by atoms with Crippen LogP contribution in [0.5, 0.6) is 0 Å². The molecule has 2 aromatic rings. The topological polar surface area (TPSA) is 24.7 Å². The van der Waals surface area contributed by atoms with Crippen LogP contribution in [0.15, 0.2) is 71.4 Å². The summed E-state index contributed by atoms with van der Waals surface area (Å²) in [6, 6.07) is 18.7. The fourth-order valence-electron chi connectivity index (χ4n) is 1.73. The summed E-state index contributed by atoms with van der Waals surface area (Å²) in [4.78, 5) is 0. The molecule has 0 aliphatic heterocycles. The number of rotatable bonds is 4. The fourth-order valence-corrected chi connectivity index (χ4v) is 1.73. The van der Waals surface area contributed by atoms with Crippen LogP contribution in [0.1, 0.15) is 19.4 Å². The maximum atomic E-state index is 4.13. The molecular weight excluding hydrogens is 232 g/mol. The summed E-state index contributed by atoms with van der Waals surface area (Å²) >= 11 is 0. The normalized spacial score (nSPS) is 11.1. The third kappa shape index (κ3) is 3.62. The average molecular weight is 250 g/mol. The molecule has 2 heteroatoms. The van der Waals surface area contributed by atoms with Gasteiger partial charge in [0.05, 0.1) is 11.7 Å². The highest BCUT2D eigenvalue weighted by molar-refractivity contribution is 5.68. The first-order valence-electron chi connectivity index (χ1n) is 6.42. The average Bonchev–Trinajstić information content (AvgIpc) is 2.46. The smallest absolute Gasteiger partial charge is 0.0853 e. The maximum absolute atomic E-state index is 4.13. The Morgan fingerprint density at radius 1 is 0.895 bits per heavy atom. The second kappa shape index (κ2) is 6.10. The summed E-state index contributed by atoms with van der Waals surface area (Å²) in [6.07, 6.45) is 0. The molecule has 0 bridgehead atoms. The summed E-state index contributed by atoms with van der Waals surface area (Å²) in [5.41, 5.74) is 4.11. The van der Waals surface area contributed by atoms with Crippen molar-refractivity contribution >= 4 is 5.70 Å². The zero-order chi connectivity index (χ0) is 13.7. The highest BCUT2D eigenvalue weighted by Gasteiger charge is 2.00. The quantitative estimate of drug-likeness (QED) is 0.667. The molecule has 0 saturated heterocycles. The van der Waals surface area contributed by atoms with E-state index in [1.54, 1.807) is 0 Å². The monoisotopic (exact) mass is 250 g/mol. The molecule has 0 fully saturated rings. The van der Waals surface area contributed by atoms with Crippen molar-refractivity contribution in [1.29, 1.82) is 0 Å². The van der Waals surface area contributed by atoms with Gasteiger partial charge in [-0.05, 0) is 25.0 Å². The highest BCUT2D eigenvalue weighted by atomic mass is 15.1. The largest absolute Gasteiger partial charge is 0.186 e. The molecule has 0 heterocycles. The molecule has 0 N–H and O–H groups in total. The van der Waals surface area contributed by atoms with Crippen molar-refractivity contribution in [3.8, 4) is 11.1 Å². The first-order valence-corrected chi connectivity index (χ1v) is 6.42. The Labute approximate surface area is 114 Å². The van der Waals surface area contributed by atoms with Gasteiger partial charge in [-0.2, -0.15) is 10.2 Å². The van der Waals surface area contributed by atoms with Crippen LogP contribution in [0.4, 0.5) is 0 Å². The van der Waals surface area contributed by atoms with E-state index in [-0.39, 0.29) is 6.04 Å². The molecule has 2 rings (SSSR count). The van der Waals surface area contributed by atoms with E-state index in [1.165, 1.54) is 11.1 Å². The number of benzene rings is 2. The van der Waals surface area contributed by atoms with Crippen molar-refractivity contribution in [2.45, 2.75) is 19.9 Å². The maximum Gasteiger partial charge on any atom is 0.0853 e. The van der Waals surface area contributed by atoms with E-state index in [9.17, 15) is 0 Å². The van der Waals surface area contributed by atoms with Gasteiger partial charge in [0.2, 0.25) is 0 Å². The first kappa shape index (κ1) is 13.2. The van der Waals surface area contributed by atoms with Gasteiger partial charge < -0.3 is 0 Å². The zero-order valence-electron chi connectivity index (χ0n) is 11.4. The lowest BCUT2D eigenvalue weighted by molar-refractivity contribution is 0.781. The molecule has 0 atom stereocenters. The Hall–Kier alpha value is -2.22. The standard InChI is InChI=1S/C17H18N2/c1-13(2)18-19-14(3)15-9-11-17(12-10-15)16-7-5-4-6-8-16/h4-13H,3H2,1-2H3. The molecule has 0 spiro atoms. The van der Waals surface area contributed by atoms with Crippen molar-refractivity contribution in [2.75, 3.05) is 0 Å². The second-order valence-electron chi connectivity index (χ2n) is 4.70. The molecule has 0 saturated carbocycles. The Morgan fingerprint density at radius 3 is 2.05 bits per heavy atom. The van der Waals surface area contributed by atoms with Crippen molar-refractivity contribution in [2.24, 2.45) is 10.2 Å². The Balaban J connectivity index is 2.17. The van der Waals surface area contributed by atoms with E-state index in [4.69, 9.17) is 0 Å². The van der Waals surface area contributed by atoms with Gasteiger partial charge >= 0.3 is 0 Å². The van der Waals surface area contributed by atoms with Crippen LogP contribution in [0, 0.1) is 0 Å². The Morgan fingerprint density at radius 2 is 1.47 bits per heavy atom. The number of nitrogens with zero attached hydrogens (tertiary/aromatic N) is 2. The Bertz CT molecular complexity index is 566. The van der Waals surface area contributed by atoms with Crippen LogP contribution in [0.3, 0.4) is 0 Å². The van der Waals surface area contributed by atoms with E-state index in [1.807, 2.05) is 44.2 Å². The van der Waals surface area contributed by atoms with Gasteiger partial charge in [-0.1, -0.05) is 61.2 Å². The molecule has 96 valence electrons. The number of hydrogen-bond acceptors (Lipinski definition) is 2. The second-order valence-corrected chi connectivity index (χ2v) is 4.70. The molecule has 0 radical (unpaired) electrons. The third-order valence-corrected chi connectivity index (χ3v) is 2.73. The summed E-state index contributed by atoms with van der Waals surface area (Å²) in [6.45, 7) is 7.93. The van der Waals surface area contributed by atoms with Gasteiger partial charge in [0.1, 0.15) is 0 Å². The zero-order valence-corrected chi connectivity index (χ0v) is 11.4. The van der Waals surface area contributed by atoms with Crippen LogP contribution < -0.4 is 0 Å². The number of azo groups is 1. The van der Waals surface area contributed by atoms with E-state index in [0.29, 0.717) is 5.70 Å². The van der Waals surface area contributed by atoms with Crippen LogP contribution in [0.2, 0.25) is 0 Å². The predicted molar refractivity (Wildman–Crippen MR) is 80.9 cm³/mol. The van der Waals surface area contributed by atoms with Gasteiger partial charge in [0, 0.05) is 5.56 Å². The van der Waals surface area contributed by atoms with Gasteiger partial charge in [-0.3, -0.25) is 0 Å². The lowest BCUT2D eigenvalue weighted by Gasteiger charge is -2.04. The van der Waals surface area contributed by atoms with Gasteiger partial charge in [0.15, 0.2) is 0 Å². The van der Waals surface area contributed by atoms with Crippen molar-refractivity contribution in [1.82, 2.24) is 0 Å². The molecule has 0 aliphatic rings. The number of hydrogen-bond donors (Lipinski definition) is 0. The summed E-state index contributed by atoms with van der Waals surface area (Å²) in [5.74, 6) is 0. The van der Waals surface area contributed by atoms with Crippen LogP contribution >= 0.6 is 0 Å². The minimum atomic E-state index is 0.195. The molecule has 19 heavy (non-hydrogen) atoms. The summed E-state index contributed by atoms with van der Waals surface area (Å²) in [5, 5.41) is 8.23. The lowest BCUT2D eigenvalue weighted by atomic mass is 10.0. The summed E-state index contributed by atoms with van der Waals surface area (Å²) in [7, 11) is 0. The molecule has 2 nitrogen and oxygen atoms in total. The predicted octanol–water partition coefficient (Wildman–Crippen LogP) is 5.18.